The number of hydrogen-bond donors (Lipinski definition) is 1. The number of fused-ring (bicyclic) bond motifs is 1. The van der Waals surface area contributed by atoms with E-state index in [0.717, 1.165) is 19.8 Å². The molecule has 0 aliphatic rings. The minimum Gasteiger partial charge on any atom is -0.344 e. The van der Waals surface area contributed by atoms with Crippen LogP contribution in [0.5, 0.6) is 0 Å². The van der Waals surface area contributed by atoms with Crippen LogP contribution in [0.2, 0.25) is 5.15 Å². The van der Waals surface area contributed by atoms with Gasteiger partial charge in [-0.15, -0.1) is 0 Å². The number of H-pyrrole nitrogens is 1. The maximum absolute atomic E-state index is 5.90. The van der Waals surface area contributed by atoms with E-state index in [1.165, 1.54) is 0 Å². The van der Waals surface area contributed by atoms with Crippen molar-refractivity contribution in [2.75, 3.05) is 0 Å². The fourth-order valence-electron chi connectivity index (χ4n) is 1.12. The first-order valence-corrected chi connectivity index (χ1v) is 5.27. The number of halogens is 3. The van der Waals surface area contributed by atoms with Gasteiger partial charge in [0.05, 0.1) is 9.99 Å². The Kier molecular flexibility index (Phi) is 2.19. The summed E-state index contributed by atoms with van der Waals surface area (Å²) in [6.07, 6.45) is 0. The van der Waals surface area contributed by atoms with Gasteiger partial charge in [-0.2, -0.15) is 0 Å². The van der Waals surface area contributed by atoms with Crippen molar-refractivity contribution >= 4 is 54.4 Å². The first-order chi connectivity index (χ1) is 5.70. The van der Waals surface area contributed by atoms with Crippen molar-refractivity contribution in [2.45, 2.75) is 0 Å². The Morgan fingerprint density at radius 2 is 2.00 bits per heavy atom. The molecule has 12 heavy (non-hydrogen) atoms. The highest BCUT2D eigenvalue weighted by Gasteiger charge is 2.07. The van der Waals surface area contributed by atoms with E-state index in [1.54, 1.807) is 0 Å². The van der Waals surface area contributed by atoms with Crippen molar-refractivity contribution in [3.8, 4) is 0 Å². The van der Waals surface area contributed by atoms with E-state index in [4.69, 9.17) is 11.6 Å². The number of aromatic nitrogens is 1. The van der Waals surface area contributed by atoms with Gasteiger partial charge in [-0.25, -0.2) is 0 Å². The topological polar surface area (TPSA) is 15.8 Å². The molecule has 0 saturated heterocycles. The first kappa shape index (κ1) is 8.60. The number of rotatable bonds is 0. The molecule has 2 aromatic rings. The molecule has 1 aromatic carbocycles. The molecule has 0 atom stereocenters. The summed E-state index contributed by atoms with van der Waals surface area (Å²) in [7, 11) is 0. The molecule has 0 aliphatic carbocycles. The van der Waals surface area contributed by atoms with Gasteiger partial charge in [0, 0.05) is 9.86 Å². The molecular formula is C8H4Br2ClN. The van der Waals surface area contributed by atoms with Gasteiger partial charge in [0.15, 0.2) is 0 Å². The zero-order valence-electron chi connectivity index (χ0n) is 5.87. The SMILES string of the molecule is Clc1[nH]c2c(Br)cccc2c1Br. The van der Waals surface area contributed by atoms with Crippen LogP contribution in [0.25, 0.3) is 10.9 Å². The molecule has 0 spiro atoms. The van der Waals surface area contributed by atoms with E-state index in [-0.39, 0.29) is 0 Å². The average molecular weight is 309 g/mol. The summed E-state index contributed by atoms with van der Waals surface area (Å²) < 4.78 is 1.94. The van der Waals surface area contributed by atoms with Crippen LogP contribution in [-0.4, -0.2) is 4.98 Å². The van der Waals surface area contributed by atoms with Crippen molar-refractivity contribution in [1.82, 2.24) is 4.98 Å². The number of nitrogens with one attached hydrogen (secondary N) is 1. The van der Waals surface area contributed by atoms with Gasteiger partial charge in [-0.3, -0.25) is 0 Å². The fourth-order valence-corrected chi connectivity index (χ4v) is 2.21. The van der Waals surface area contributed by atoms with E-state index in [2.05, 4.69) is 36.8 Å². The molecule has 1 N–H and O–H groups in total. The zero-order chi connectivity index (χ0) is 8.72. The standard InChI is InChI=1S/C8H4Br2ClN/c9-5-3-1-2-4-6(10)8(11)12-7(4)5/h1-3,12H. The molecule has 1 nitrogen and oxygen atoms in total. The highest BCUT2D eigenvalue weighted by molar-refractivity contribution is 9.11. The molecule has 0 saturated carbocycles. The molecule has 0 amide bonds. The van der Waals surface area contributed by atoms with Crippen LogP contribution in [0.1, 0.15) is 0 Å². The van der Waals surface area contributed by atoms with Crippen molar-refractivity contribution in [1.29, 1.82) is 0 Å². The molecule has 4 heteroatoms. The van der Waals surface area contributed by atoms with Crippen molar-refractivity contribution in [2.24, 2.45) is 0 Å². The maximum atomic E-state index is 5.90. The molecule has 0 aliphatic heterocycles. The molecule has 62 valence electrons. The number of aromatic amines is 1. The lowest BCUT2D eigenvalue weighted by Crippen LogP contribution is -1.68. The van der Waals surface area contributed by atoms with E-state index >= 15 is 0 Å². The molecule has 0 unspecified atom stereocenters. The summed E-state index contributed by atoms with van der Waals surface area (Å²) >= 11 is 12.7. The van der Waals surface area contributed by atoms with Crippen LogP contribution in [0.3, 0.4) is 0 Å². The van der Waals surface area contributed by atoms with Gasteiger partial charge < -0.3 is 4.98 Å². The summed E-state index contributed by atoms with van der Waals surface area (Å²) in [6.45, 7) is 0. The summed E-state index contributed by atoms with van der Waals surface area (Å²) in [5, 5.41) is 1.73. The Hall–Kier alpha value is 0.01000. The number of benzene rings is 1. The Morgan fingerprint density at radius 1 is 1.25 bits per heavy atom. The average Bonchev–Trinajstić information content (AvgIpc) is 2.32. The smallest absolute Gasteiger partial charge is 0.121 e. The Bertz CT molecular complexity index is 436. The van der Waals surface area contributed by atoms with Crippen LogP contribution >= 0.6 is 43.5 Å². The first-order valence-electron chi connectivity index (χ1n) is 3.31. The minimum atomic E-state index is 0.636. The van der Waals surface area contributed by atoms with E-state index in [0.29, 0.717) is 5.15 Å². The van der Waals surface area contributed by atoms with Crippen LogP contribution in [0.4, 0.5) is 0 Å². The van der Waals surface area contributed by atoms with Crippen LogP contribution < -0.4 is 0 Å². The van der Waals surface area contributed by atoms with Gasteiger partial charge in [-0.1, -0.05) is 23.7 Å². The second-order valence-corrected chi connectivity index (χ2v) is 4.44. The molecule has 0 fully saturated rings. The van der Waals surface area contributed by atoms with Gasteiger partial charge in [0.25, 0.3) is 0 Å². The maximum Gasteiger partial charge on any atom is 0.121 e. The molecule has 1 heterocycles. The zero-order valence-corrected chi connectivity index (χ0v) is 9.79. The summed E-state index contributed by atoms with van der Waals surface area (Å²) in [5.74, 6) is 0. The summed E-state index contributed by atoms with van der Waals surface area (Å²) in [6, 6.07) is 5.95. The Labute approximate surface area is 91.4 Å². The second kappa shape index (κ2) is 3.05. The minimum absolute atomic E-state index is 0.636. The second-order valence-electron chi connectivity index (χ2n) is 2.42. The fraction of sp³-hybridized carbons (Fsp3) is 0. The Balaban J connectivity index is 2.95. The molecular weight excluding hydrogens is 305 g/mol. The van der Waals surface area contributed by atoms with E-state index < -0.39 is 0 Å². The van der Waals surface area contributed by atoms with E-state index in [9.17, 15) is 0 Å². The summed E-state index contributed by atoms with van der Waals surface area (Å²) in [5.41, 5.74) is 1.02. The Morgan fingerprint density at radius 3 is 2.67 bits per heavy atom. The predicted octanol–water partition coefficient (Wildman–Crippen LogP) is 4.35. The van der Waals surface area contributed by atoms with Crippen LogP contribution in [0, 0.1) is 0 Å². The summed E-state index contributed by atoms with van der Waals surface area (Å²) in [4.78, 5) is 3.07. The third-order valence-electron chi connectivity index (χ3n) is 1.68. The van der Waals surface area contributed by atoms with Crippen molar-refractivity contribution in [3.05, 3.63) is 32.3 Å². The van der Waals surface area contributed by atoms with Crippen LogP contribution in [0.15, 0.2) is 27.1 Å². The third-order valence-corrected chi connectivity index (χ3v) is 3.67. The third kappa shape index (κ3) is 1.20. The largest absolute Gasteiger partial charge is 0.344 e. The monoisotopic (exact) mass is 307 g/mol. The highest BCUT2D eigenvalue weighted by atomic mass is 79.9. The molecule has 2 rings (SSSR count). The van der Waals surface area contributed by atoms with E-state index in [1.807, 2.05) is 18.2 Å². The van der Waals surface area contributed by atoms with Gasteiger partial charge in [-0.05, 0) is 37.9 Å². The lowest BCUT2D eigenvalue weighted by molar-refractivity contribution is 1.45. The molecule has 0 radical (unpaired) electrons. The van der Waals surface area contributed by atoms with Crippen molar-refractivity contribution < 1.29 is 0 Å². The molecule has 1 aromatic heterocycles. The van der Waals surface area contributed by atoms with Crippen molar-refractivity contribution in [3.63, 3.8) is 0 Å². The number of hydrogen-bond acceptors (Lipinski definition) is 0. The predicted molar refractivity (Wildman–Crippen MR) is 58.7 cm³/mol. The normalized spacial score (nSPS) is 10.9. The lowest BCUT2D eigenvalue weighted by Gasteiger charge is -1.91. The van der Waals surface area contributed by atoms with Gasteiger partial charge >= 0.3 is 0 Å². The quantitative estimate of drug-likeness (QED) is 0.745. The van der Waals surface area contributed by atoms with Crippen LogP contribution in [-0.2, 0) is 0 Å². The lowest BCUT2D eigenvalue weighted by atomic mass is 10.3. The van der Waals surface area contributed by atoms with Gasteiger partial charge in [0.2, 0.25) is 0 Å². The highest BCUT2D eigenvalue weighted by Crippen LogP contribution is 2.34. The number of para-hydroxylation sites is 1. The molecule has 0 bridgehead atoms. The van der Waals surface area contributed by atoms with Gasteiger partial charge in [0.1, 0.15) is 5.15 Å².